The number of ether oxygens (including phenoxy) is 3. The number of aliphatic hydroxyl groups excluding tert-OH is 1. The maximum atomic E-state index is 12.6. The van der Waals surface area contributed by atoms with Gasteiger partial charge in [-0.05, 0) is 12.1 Å². The smallest absolute Gasteiger partial charge is 0.497 e. The van der Waals surface area contributed by atoms with Crippen molar-refractivity contribution in [2.45, 2.75) is 6.36 Å². The molecular formula is C21H21F3N4O4. The Morgan fingerprint density at radius 1 is 0.938 bits per heavy atom. The Bertz CT molecular complexity index is 1040. The topological polar surface area (TPSA) is 97.8 Å². The van der Waals surface area contributed by atoms with E-state index in [1.165, 1.54) is 32.4 Å². The molecule has 0 aliphatic carbocycles. The highest BCUT2D eigenvalue weighted by Gasteiger charge is 2.31. The molecule has 32 heavy (non-hydrogen) atoms. The Morgan fingerprint density at radius 2 is 1.66 bits per heavy atom. The lowest BCUT2D eigenvalue weighted by Gasteiger charge is -2.14. The molecule has 0 atom stereocenters. The van der Waals surface area contributed by atoms with Crippen molar-refractivity contribution in [1.82, 2.24) is 9.97 Å². The zero-order chi connectivity index (χ0) is 23.1. The molecule has 1 aromatic heterocycles. The third-order valence-electron chi connectivity index (χ3n) is 4.11. The Balaban J connectivity index is 1.98. The van der Waals surface area contributed by atoms with Gasteiger partial charge in [-0.15, -0.1) is 13.2 Å². The number of hydrogen-bond acceptors (Lipinski definition) is 8. The highest BCUT2D eigenvalue weighted by molar-refractivity contribution is 5.69. The van der Waals surface area contributed by atoms with Crippen molar-refractivity contribution in [3.63, 3.8) is 0 Å². The van der Waals surface area contributed by atoms with E-state index in [9.17, 15) is 13.2 Å². The third kappa shape index (κ3) is 6.38. The molecule has 0 amide bonds. The fourth-order valence-corrected chi connectivity index (χ4v) is 2.79. The van der Waals surface area contributed by atoms with Crippen LogP contribution in [0.3, 0.4) is 0 Å². The largest absolute Gasteiger partial charge is 0.573 e. The van der Waals surface area contributed by atoms with E-state index in [1.807, 2.05) is 0 Å². The Hall–Kier alpha value is -3.73. The predicted octanol–water partition coefficient (Wildman–Crippen LogP) is 4.21. The summed E-state index contributed by atoms with van der Waals surface area (Å²) in [4.78, 5) is 8.68. The average molecular weight is 450 g/mol. The summed E-state index contributed by atoms with van der Waals surface area (Å²) < 4.78 is 52.3. The van der Waals surface area contributed by atoms with Gasteiger partial charge in [0, 0.05) is 42.1 Å². The van der Waals surface area contributed by atoms with Crippen LogP contribution in [0.4, 0.5) is 30.6 Å². The molecular weight excluding hydrogens is 429 g/mol. The van der Waals surface area contributed by atoms with E-state index < -0.39 is 6.36 Å². The molecule has 2 aromatic carbocycles. The zero-order valence-corrected chi connectivity index (χ0v) is 17.2. The summed E-state index contributed by atoms with van der Waals surface area (Å²) >= 11 is 0. The quantitative estimate of drug-likeness (QED) is 0.446. The zero-order valence-electron chi connectivity index (χ0n) is 17.2. The van der Waals surface area contributed by atoms with E-state index in [0.29, 0.717) is 34.3 Å². The van der Waals surface area contributed by atoms with Crippen molar-refractivity contribution < 1.29 is 32.5 Å². The van der Waals surface area contributed by atoms with Crippen LogP contribution in [0.25, 0.3) is 11.3 Å². The lowest BCUT2D eigenvalue weighted by Crippen LogP contribution is -2.17. The molecule has 8 nitrogen and oxygen atoms in total. The highest BCUT2D eigenvalue weighted by atomic mass is 19.4. The number of alkyl halides is 3. The van der Waals surface area contributed by atoms with Gasteiger partial charge in [0.25, 0.3) is 0 Å². The molecule has 3 N–H and O–H groups in total. The maximum absolute atomic E-state index is 12.6. The highest BCUT2D eigenvalue weighted by Crippen LogP contribution is 2.31. The molecule has 0 aliphatic heterocycles. The van der Waals surface area contributed by atoms with E-state index >= 15 is 0 Å². The van der Waals surface area contributed by atoms with Gasteiger partial charge in [0.2, 0.25) is 5.95 Å². The van der Waals surface area contributed by atoms with Crippen LogP contribution in [-0.2, 0) is 0 Å². The molecule has 0 fully saturated rings. The second-order valence-corrected chi connectivity index (χ2v) is 6.41. The minimum absolute atomic E-state index is 0.154. The normalized spacial score (nSPS) is 11.1. The van der Waals surface area contributed by atoms with Crippen LogP contribution in [0.15, 0.2) is 48.5 Å². The molecule has 0 unspecified atom stereocenters. The first kappa shape index (κ1) is 22.9. The number of halogens is 3. The van der Waals surface area contributed by atoms with Crippen molar-refractivity contribution in [1.29, 1.82) is 0 Å². The van der Waals surface area contributed by atoms with Gasteiger partial charge in [-0.1, -0.05) is 12.1 Å². The number of aliphatic hydroxyl groups is 1. The second-order valence-electron chi connectivity index (χ2n) is 6.41. The summed E-state index contributed by atoms with van der Waals surface area (Å²) in [5.41, 5.74) is 1.33. The fraction of sp³-hybridized carbons (Fsp3) is 0.238. The number of anilines is 3. The summed E-state index contributed by atoms with van der Waals surface area (Å²) in [6.07, 6.45) is -4.81. The number of nitrogens with zero attached hydrogens (tertiary/aromatic N) is 2. The van der Waals surface area contributed by atoms with Crippen LogP contribution in [0.2, 0.25) is 0 Å². The number of aromatic nitrogens is 2. The maximum Gasteiger partial charge on any atom is 0.573 e. The van der Waals surface area contributed by atoms with Crippen LogP contribution < -0.4 is 24.8 Å². The Labute approximate surface area is 182 Å². The first-order valence-corrected chi connectivity index (χ1v) is 9.39. The molecule has 0 saturated carbocycles. The minimum Gasteiger partial charge on any atom is -0.497 e. The van der Waals surface area contributed by atoms with Gasteiger partial charge in [-0.25, -0.2) is 4.98 Å². The van der Waals surface area contributed by atoms with Crippen molar-refractivity contribution in [2.24, 2.45) is 0 Å². The van der Waals surface area contributed by atoms with Crippen molar-refractivity contribution in [3.8, 4) is 28.5 Å². The average Bonchev–Trinajstić information content (AvgIpc) is 2.76. The van der Waals surface area contributed by atoms with Crippen LogP contribution >= 0.6 is 0 Å². The van der Waals surface area contributed by atoms with Gasteiger partial charge in [-0.3, -0.25) is 0 Å². The van der Waals surface area contributed by atoms with Crippen molar-refractivity contribution in [3.05, 3.63) is 48.5 Å². The standard InChI is InChI=1S/C21H21F3N4O4/c1-30-16-9-14(10-17(11-16)31-2)26-19-12-18(27-20(28-19)25-6-7-29)13-4-3-5-15(8-13)32-21(22,23)24/h3-5,8-12,29H,6-7H2,1-2H3,(H2,25,26,27,28). The molecule has 170 valence electrons. The molecule has 3 aromatic rings. The van der Waals surface area contributed by atoms with Gasteiger partial charge < -0.3 is 30.0 Å². The van der Waals surface area contributed by atoms with Crippen LogP contribution in [0.5, 0.6) is 17.2 Å². The Kier molecular flexibility index (Phi) is 7.21. The number of hydrogen-bond donors (Lipinski definition) is 3. The summed E-state index contributed by atoms with van der Waals surface area (Å²) in [6.45, 7) is 0.0332. The van der Waals surface area contributed by atoms with Gasteiger partial charge in [0.15, 0.2) is 0 Å². The summed E-state index contributed by atoms with van der Waals surface area (Å²) in [6, 6.07) is 12.2. The number of rotatable bonds is 9. The van der Waals surface area contributed by atoms with E-state index in [1.54, 1.807) is 30.3 Å². The summed E-state index contributed by atoms with van der Waals surface area (Å²) in [7, 11) is 3.04. The van der Waals surface area contributed by atoms with Gasteiger partial charge in [0.05, 0.1) is 26.5 Å². The van der Waals surface area contributed by atoms with E-state index in [-0.39, 0.29) is 24.8 Å². The molecule has 0 aliphatic rings. The first-order chi connectivity index (χ1) is 15.3. The van der Waals surface area contributed by atoms with Crippen molar-refractivity contribution >= 4 is 17.5 Å². The first-order valence-electron chi connectivity index (χ1n) is 9.39. The Morgan fingerprint density at radius 3 is 2.28 bits per heavy atom. The molecule has 0 bridgehead atoms. The van der Waals surface area contributed by atoms with Gasteiger partial charge >= 0.3 is 6.36 Å². The SMILES string of the molecule is COc1cc(Nc2cc(-c3cccc(OC(F)(F)F)c3)nc(NCCO)n2)cc(OC)c1. The monoisotopic (exact) mass is 450 g/mol. The van der Waals surface area contributed by atoms with Gasteiger partial charge in [0.1, 0.15) is 23.1 Å². The number of methoxy groups -OCH3 is 2. The molecule has 0 spiro atoms. The third-order valence-corrected chi connectivity index (χ3v) is 4.11. The lowest BCUT2D eigenvalue weighted by atomic mass is 10.1. The van der Waals surface area contributed by atoms with Gasteiger partial charge in [-0.2, -0.15) is 4.98 Å². The van der Waals surface area contributed by atoms with Crippen molar-refractivity contribution in [2.75, 3.05) is 38.0 Å². The second kappa shape index (κ2) is 10.1. The van der Waals surface area contributed by atoms with E-state index in [2.05, 4.69) is 25.3 Å². The summed E-state index contributed by atoms with van der Waals surface area (Å²) in [5, 5.41) is 15.1. The lowest BCUT2D eigenvalue weighted by molar-refractivity contribution is -0.274. The number of benzene rings is 2. The van der Waals surface area contributed by atoms with E-state index in [4.69, 9.17) is 14.6 Å². The molecule has 0 radical (unpaired) electrons. The molecule has 11 heteroatoms. The van der Waals surface area contributed by atoms with E-state index in [0.717, 1.165) is 0 Å². The molecule has 1 heterocycles. The number of nitrogens with one attached hydrogen (secondary N) is 2. The molecule has 0 saturated heterocycles. The summed E-state index contributed by atoms with van der Waals surface area (Å²) in [5.74, 6) is 1.27. The fourth-order valence-electron chi connectivity index (χ4n) is 2.79. The minimum atomic E-state index is -4.81. The predicted molar refractivity (Wildman–Crippen MR) is 113 cm³/mol. The van der Waals surface area contributed by atoms with Crippen LogP contribution in [-0.4, -0.2) is 48.8 Å². The van der Waals surface area contributed by atoms with Crippen LogP contribution in [0, 0.1) is 0 Å². The van der Waals surface area contributed by atoms with Crippen LogP contribution in [0.1, 0.15) is 0 Å². The molecule has 3 rings (SSSR count).